The largest absolute Gasteiger partial charge is 0.296 e. The molecule has 54 valence electrons. The van der Waals surface area contributed by atoms with E-state index in [4.69, 9.17) is 0 Å². The van der Waals surface area contributed by atoms with E-state index in [9.17, 15) is 4.79 Å². The molecule has 0 aliphatic heterocycles. The zero-order valence-electron chi connectivity index (χ0n) is 6.46. The molecule has 1 aromatic heterocycles. The van der Waals surface area contributed by atoms with Crippen molar-refractivity contribution in [2.75, 3.05) is 0 Å². The fourth-order valence-electron chi connectivity index (χ4n) is 1.03. The summed E-state index contributed by atoms with van der Waals surface area (Å²) in [6.45, 7) is 1.92. The van der Waals surface area contributed by atoms with Crippen LogP contribution in [-0.4, -0.2) is 11.0 Å². The second kappa shape index (κ2) is 2.25. The molecule has 0 aromatic carbocycles. The summed E-state index contributed by atoms with van der Waals surface area (Å²) < 4.78 is 3.68. The summed E-state index contributed by atoms with van der Waals surface area (Å²) in [4.78, 5) is 10.4. The maximum atomic E-state index is 10.4. The molecule has 3 nitrogen and oxygen atoms in total. The van der Waals surface area contributed by atoms with Crippen molar-refractivity contribution in [2.45, 2.75) is 6.92 Å². The maximum Gasteiger partial charge on any atom is 0.199 e. The van der Waals surface area contributed by atoms with Gasteiger partial charge in [-0.05, 0) is 6.92 Å². The number of rotatable bonds is 1. The first kappa shape index (κ1) is 6.99. The molecule has 0 fully saturated rings. The van der Waals surface area contributed by atoms with Crippen molar-refractivity contribution in [3.8, 4) is 0 Å². The number of aromatic nitrogens is 2. The number of nitrogens with zero attached hydrogens (tertiary/aromatic N) is 2. The van der Waals surface area contributed by atoms with Crippen LogP contribution in [0, 0.1) is 6.92 Å². The number of hydrogen-bond acceptors (Lipinski definition) is 1. The Morgan fingerprint density at radius 3 is 2.50 bits per heavy atom. The van der Waals surface area contributed by atoms with E-state index in [2.05, 4.69) is 0 Å². The van der Waals surface area contributed by atoms with E-state index < -0.39 is 0 Å². The Balaban J connectivity index is 3.33. The normalized spacial score (nSPS) is 9.90. The molecule has 3 heteroatoms. The Morgan fingerprint density at radius 2 is 2.30 bits per heavy atom. The molecule has 1 aromatic rings. The number of carbonyl (C=O) groups is 1. The predicted molar refractivity (Wildman–Crippen MR) is 36.7 cm³/mol. The zero-order valence-corrected chi connectivity index (χ0v) is 6.46. The Morgan fingerprint density at radius 1 is 1.70 bits per heavy atom. The highest BCUT2D eigenvalue weighted by atomic mass is 16.1. The molecule has 0 amide bonds. The van der Waals surface area contributed by atoms with E-state index in [1.807, 2.05) is 36.6 Å². The number of aldehydes is 1. The lowest BCUT2D eigenvalue weighted by Crippen LogP contribution is -2.37. The van der Waals surface area contributed by atoms with Gasteiger partial charge in [0.2, 0.25) is 0 Å². The van der Waals surface area contributed by atoms with Gasteiger partial charge in [-0.25, -0.2) is 0 Å². The minimum atomic E-state index is 0.738. The summed E-state index contributed by atoms with van der Waals surface area (Å²) in [6.07, 6.45) is 2.79. The number of aryl methyl sites for hydroxylation is 2. The summed E-state index contributed by atoms with van der Waals surface area (Å²) in [5, 5.41) is 0. The van der Waals surface area contributed by atoms with Gasteiger partial charge < -0.3 is 0 Å². The molecule has 0 N–H and O–H groups in total. The van der Waals surface area contributed by atoms with Crippen LogP contribution in [0.2, 0.25) is 0 Å². The summed E-state index contributed by atoms with van der Waals surface area (Å²) in [5.41, 5.74) is 1.75. The van der Waals surface area contributed by atoms with Gasteiger partial charge in [-0.1, -0.05) is 0 Å². The first-order valence-corrected chi connectivity index (χ1v) is 3.14. The van der Waals surface area contributed by atoms with Gasteiger partial charge in [-0.2, -0.15) is 4.68 Å². The van der Waals surface area contributed by atoms with Crippen LogP contribution in [-0.2, 0) is 14.1 Å². The minimum absolute atomic E-state index is 0.738. The van der Waals surface area contributed by atoms with Crippen molar-refractivity contribution in [1.82, 2.24) is 4.68 Å². The molecule has 0 aliphatic carbocycles. The van der Waals surface area contributed by atoms with Crippen LogP contribution in [0.25, 0.3) is 0 Å². The highest BCUT2D eigenvalue weighted by Gasteiger charge is 2.10. The van der Waals surface area contributed by atoms with Crippen molar-refractivity contribution in [3.63, 3.8) is 0 Å². The average molecular weight is 139 g/mol. The first-order valence-electron chi connectivity index (χ1n) is 3.14. The predicted octanol–water partition coefficient (Wildman–Crippen LogP) is -0.0295. The third-order valence-corrected chi connectivity index (χ3v) is 1.72. The fraction of sp³-hybridized carbons (Fsp3) is 0.429. The Hall–Kier alpha value is -1.12. The van der Waals surface area contributed by atoms with E-state index in [1.54, 1.807) is 0 Å². The third kappa shape index (κ3) is 0.835. The maximum absolute atomic E-state index is 10.4. The quantitative estimate of drug-likeness (QED) is 0.396. The van der Waals surface area contributed by atoms with Crippen molar-refractivity contribution in [3.05, 3.63) is 17.5 Å². The van der Waals surface area contributed by atoms with E-state index in [-0.39, 0.29) is 0 Å². The van der Waals surface area contributed by atoms with Crippen LogP contribution in [0.4, 0.5) is 0 Å². The third-order valence-electron chi connectivity index (χ3n) is 1.72. The monoisotopic (exact) mass is 139 g/mol. The number of carbonyl (C=O) groups excluding carboxylic acids is 1. The summed E-state index contributed by atoms with van der Waals surface area (Å²) >= 11 is 0. The molecule has 1 rings (SSSR count). The molecule has 0 unspecified atom stereocenters. The van der Waals surface area contributed by atoms with Crippen molar-refractivity contribution in [2.24, 2.45) is 14.1 Å². The van der Waals surface area contributed by atoms with Crippen LogP contribution in [0.1, 0.15) is 16.1 Å². The summed E-state index contributed by atoms with van der Waals surface area (Å²) in [7, 11) is 3.76. The van der Waals surface area contributed by atoms with Gasteiger partial charge in [0.1, 0.15) is 5.69 Å². The second-order valence-corrected chi connectivity index (χ2v) is 2.41. The first-order chi connectivity index (χ1) is 4.66. The van der Waals surface area contributed by atoms with E-state index in [0.717, 1.165) is 17.5 Å². The molecular weight excluding hydrogens is 128 g/mol. The topological polar surface area (TPSA) is 25.9 Å². The van der Waals surface area contributed by atoms with Crippen LogP contribution >= 0.6 is 0 Å². The van der Waals surface area contributed by atoms with Crippen molar-refractivity contribution < 1.29 is 9.48 Å². The van der Waals surface area contributed by atoms with Crippen molar-refractivity contribution in [1.29, 1.82) is 0 Å². The summed E-state index contributed by atoms with van der Waals surface area (Å²) in [5.74, 6) is 0. The minimum Gasteiger partial charge on any atom is -0.296 e. The second-order valence-electron chi connectivity index (χ2n) is 2.41. The van der Waals surface area contributed by atoms with Crippen LogP contribution in [0.5, 0.6) is 0 Å². The van der Waals surface area contributed by atoms with Crippen LogP contribution in [0.15, 0.2) is 6.20 Å². The Labute approximate surface area is 59.9 Å². The lowest BCUT2D eigenvalue weighted by molar-refractivity contribution is -0.751. The number of hydrogen-bond donors (Lipinski definition) is 0. The molecule has 0 bridgehead atoms. The zero-order chi connectivity index (χ0) is 7.72. The molecule has 0 spiro atoms. The van der Waals surface area contributed by atoms with Gasteiger partial charge in [-0.3, -0.25) is 4.79 Å². The molecule has 0 saturated heterocycles. The van der Waals surface area contributed by atoms with Crippen molar-refractivity contribution >= 4 is 6.29 Å². The molecule has 1 heterocycles. The van der Waals surface area contributed by atoms with Gasteiger partial charge in [0.25, 0.3) is 0 Å². The highest BCUT2D eigenvalue weighted by molar-refractivity contribution is 5.73. The van der Waals surface area contributed by atoms with Crippen LogP contribution < -0.4 is 4.68 Å². The molecular formula is C7H11N2O+. The summed E-state index contributed by atoms with van der Waals surface area (Å²) in [6, 6.07) is 0. The van der Waals surface area contributed by atoms with Gasteiger partial charge >= 0.3 is 0 Å². The van der Waals surface area contributed by atoms with E-state index in [0.29, 0.717) is 0 Å². The SMILES string of the molecule is Cc1c[n+](C)n(C)c1C=O. The average Bonchev–Trinajstić information content (AvgIpc) is 2.09. The smallest absolute Gasteiger partial charge is 0.199 e. The molecule has 0 aliphatic rings. The standard InChI is InChI=1S/C7H11N2O/c1-6-4-8(2)9(3)7(6)5-10/h4-5H,1-3H3/q+1. The lowest BCUT2D eigenvalue weighted by atomic mass is 10.3. The van der Waals surface area contributed by atoms with Gasteiger partial charge in [-0.15, -0.1) is 4.68 Å². The van der Waals surface area contributed by atoms with Crippen LogP contribution in [0.3, 0.4) is 0 Å². The van der Waals surface area contributed by atoms with E-state index in [1.165, 1.54) is 0 Å². The molecule has 0 atom stereocenters. The lowest BCUT2D eigenvalue weighted by Gasteiger charge is -1.88. The Kier molecular flexibility index (Phi) is 1.57. The highest BCUT2D eigenvalue weighted by Crippen LogP contribution is 1.98. The van der Waals surface area contributed by atoms with Gasteiger partial charge in [0.15, 0.2) is 19.5 Å². The fourth-order valence-corrected chi connectivity index (χ4v) is 1.03. The van der Waals surface area contributed by atoms with Gasteiger partial charge in [0.05, 0.1) is 7.05 Å². The molecule has 0 saturated carbocycles. The molecule has 10 heavy (non-hydrogen) atoms. The van der Waals surface area contributed by atoms with Gasteiger partial charge in [0, 0.05) is 5.56 Å². The Bertz CT molecular complexity index is 263. The van der Waals surface area contributed by atoms with E-state index >= 15 is 0 Å². The molecule has 0 radical (unpaired) electrons.